The average molecular weight is 410 g/mol. The van der Waals surface area contributed by atoms with E-state index in [9.17, 15) is 13.2 Å². The van der Waals surface area contributed by atoms with E-state index in [1.165, 1.54) is 17.4 Å². The van der Waals surface area contributed by atoms with E-state index in [0.717, 1.165) is 5.56 Å². The molecule has 2 aromatic rings. The normalized spacial score (nSPS) is 14.4. The number of aryl methyl sites for hydroxylation is 1. The zero-order valence-electron chi connectivity index (χ0n) is 13.0. The second kappa shape index (κ2) is 6.62. The van der Waals surface area contributed by atoms with Gasteiger partial charge in [-0.1, -0.05) is 6.07 Å². The maximum Gasteiger partial charge on any atom is 0.244 e. The van der Waals surface area contributed by atoms with E-state index >= 15 is 0 Å². The SMILES string of the molecule is CN(Cc1ccccn1)S(=O)(=O)c1cc2c(cc1Br)CCC(=O)N2. The lowest BCUT2D eigenvalue weighted by Crippen LogP contribution is -2.28. The van der Waals surface area contributed by atoms with Crippen LogP contribution >= 0.6 is 15.9 Å². The van der Waals surface area contributed by atoms with Crippen molar-refractivity contribution < 1.29 is 13.2 Å². The number of aromatic nitrogens is 1. The van der Waals surface area contributed by atoms with Crippen LogP contribution in [0.5, 0.6) is 0 Å². The monoisotopic (exact) mass is 409 g/mol. The topological polar surface area (TPSA) is 79.4 Å². The van der Waals surface area contributed by atoms with Crippen molar-refractivity contribution in [1.29, 1.82) is 0 Å². The lowest BCUT2D eigenvalue weighted by Gasteiger charge is -2.22. The van der Waals surface area contributed by atoms with E-state index in [0.29, 0.717) is 28.7 Å². The number of fused-ring (bicyclic) bond motifs is 1. The van der Waals surface area contributed by atoms with Gasteiger partial charge in [-0.2, -0.15) is 4.31 Å². The molecule has 1 aliphatic heterocycles. The number of nitrogens with zero attached hydrogens (tertiary/aromatic N) is 2. The summed E-state index contributed by atoms with van der Waals surface area (Å²) in [6, 6.07) is 8.64. The van der Waals surface area contributed by atoms with Crippen molar-refractivity contribution in [3.05, 3.63) is 52.3 Å². The molecule has 2 heterocycles. The molecule has 1 amide bonds. The summed E-state index contributed by atoms with van der Waals surface area (Å²) in [4.78, 5) is 15.8. The molecule has 0 atom stereocenters. The molecule has 0 unspecified atom stereocenters. The van der Waals surface area contributed by atoms with Crippen molar-refractivity contribution in [1.82, 2.24) is 9.29 Å². The molecule has 1 aromatic heterocycles. The van der Waals surface area contributed by atoms with Crippen LogP contribution < -0.4 is 5.32 Å². The number of amides is 1. The van der Waals surface area contributed by atoms with Crippen LogP contribution in [0.25, 0.3) is 0 Å². The summed E-state index contributed by atoms with van der Waals surface area (Å²) in [5, 5.41) is 2.73. The number of sulfonamides is 1. The molecular weight excluding hydrogens is 394 g/mol. The number of benzene rings is 1. The molecule has 6 nitrogen and oxygen atoms in total. The van der Waals surface area contributed by atoms with Crippen molar-refractivity contribution in [3.8, 4) is 0 Å². The van der Waals surface area contributed by atoms with Gasteiger partial charge in [-0.25, -0.2) is 8.42 Å². The number of carbonyl (C=O) groups excluding carboxylic acids is 1. The number of anilines is 1. The Labute approximate surface area is 149 Å². The fourth-order valence-electron chi connectivity index (χ4n) is 2.55. The molecule has 0 aliphatic carbocycles. The highest BCUT2D eigenvalue weighted by Gasteiger charge is 2.27. The van der Waals surface area contributed by atoms with E-state index in [1.54, 1.807) is 24.4 Å². The van der Waals surface area contributed by atoms with Gasteiger partial charge in [0.05, 0.1) is 17.1 Å². The fraction of sp³-hybridized carbons (Fsp3) is 0.250. The predicted octanol–water partition coefficient (Wildman–Crippen LogP) is 2.55. The zero-order chi connectivity index (χ0) is 17.3. The Morgan fingerprint density at radius 3 is 2.79 bits per heavy atom. The summed E-state index contributed by atoms with van der Waals surface area (Å²) in [5.41, 5.74) is 2.14. The van der Waals surface area contributed by atoms with Crippen LogP contribution in [0.3, 0.4) is 0 Å². The molecule has 1 aliphatic rings. The van der Waals surface area contributed by atoms with E-state index in [4.69, 9.17) is 0 Å². The molecule has 0 saturated heterocycles. The molecule has 24 heavy (non-hydrogen) atoms. The number of rotatable bonds is 4. The first-order valence-corrected chi connectivity index (χ1v) is 9.60. The van der Waals surface area contributed by atoms with Crippen molar-refractivity contribution in [2.75, 3.05) is 12.4 Å². The molecule has 1 N–H and O–H groups in total. The van der Waals surface area contributed by atoms with Crippen molar-refractivity contribution in [3.63, 3.8) is 0 Å². The van der Waals surface area contributed by atoms with Gasteiger partial charge >= 0.3 is 0 Å². The van der Waals surface area contributed by atoms with E-state index in [1.807, 2.05) is 6.07 Å². The molecule has 0 radical (unpaired) electrons. The molecule has 3 rings (SSSR count). The first-order chi connectivity index (χ1) is 11.4. The third-order valence-electron chi connectivity index (χ3n) is 3.85. The Morgan fingerprint density at radius 1 is 1.29 bits per heavy atom. The van der Waals surface area contributed by atoms with Gasteiger partial charge in [0.1, 0.15) is 0 Å². The maximum absolute atomic E-state index is 12.9. The van der Waals surface area contributed by atoms with Crippen LogP contribution in [-0.4, -0.2) is 30.7 Å². The standard InChI is InChI=1S/C16H16BrN3O3S/c1-20(10-12-4-2-3-7-18-12)24(22,23)15-9-14-11(8-13(15)17)5-6-16(21)19-14/h2-4,7-9H,5-6,10H2,1H3,(H,19,21). The molecular formula is C16H16BrN3O3S. The Morgan fingerprint density at radius 2 is 2.08 bits per heavy atom. The lowest BCUT2D eigenvalue weighted by atomic mass is 10.0. The van der Waals surface area contributed by atoms with Crippen LogP contribution in [0.2, 0.25) is 0 Å². The third kappa shape index (κ3) is 3.35. The number of hydrogen-bond donors (Lipinski definition) is 1. The van der Waals surface area contributed by atoms with Gasteiger partial charge in [0.15, 0.2) is 0 Å². The first kappa shape index (κ1) is 17.1. The molecule has 1 aromatic carbocycles. The summed E-state index contributed by atoms with van der Waals surface area (Å²) in [7, 11) is -2.22. The summed E-state index contributed by atoms with van der Waals surface area (Å²) in [6.45, 7) is 0.166. The van der Waals surface area contributed by atoms with Gasteiger partial charge in [0, 0.05) is 29.8 Å². The highest BCUT2D eigenvalue weighted by molar-refractivity contribution is 9.10. The number of nitrogens with one attached hydrogen (secondary N) is 1. The van der Waals surface area contributed by atoms with E-state index < -0.39 is 10.0 Å². The summed E-state index contributed by atoms with van der Waals surface area (Å²) < 4.78 is 27.5. The second-order valence-electron chi connectivity index (χ2n) is 5.57. The van der Waals surface area contributed by atoms with Crippen molar-refractivity contribution >= 4 is 37.5 Å². The lowest BCUT2D eigenvalue weighted by molar-refractivity contribution is -0.116. The minimum atomic E-state index is -3.72. The third-order valence-corrected chi connectivity index (χ3v) is 6.61. The zero-order valence-corrected chi connectivity index (χ0v) is 15.4. The Balaban J connectivity index is 1.94. The Kier molecular flexibility index (Phi) is 4.71. The highest BCUT2D eigenvalue weighted by atomic mass is 79.9. The molecule has 0 saturated carbocycles. The molecule has 0 bridgehead atoms. The largest absolute Gasteiger partial charge is 0.326 e. The van der Waals surface area contributed by atoms with E-state index in [2.05, 4.69) is 26.2 Å². The predicted molar refractivity (Wildman–Crippen MR) is 94.0 cm³/mol. The van der Waals surface area contributed by atoms with Crippen LogP contribution in [0.15, 0.2) is 45.9 Å². The number of carbonyl (C=O) groups is 1. The van der Waals surface area contributed by atoms with Gasteiger partial charge in [-0.15, -0.1) is 0 Å². The minimum Gasteiger partial charge on any atom is -0.326 e. The average Bonchev–Trinajstić information content (AvgIpc) is 2.55. The maximum atomic E-state index is 12.9. The minimum absolute atomic E-state index is 0.102. The van der Waals surface area contributed by atoms with Crippen LogP contribution in [0, 0.1) is 0 Å². The highest BCUT2D eigenvalue weighted by Crippen LogP contribution is 2.33. The second-order valence-corrected chi connectivity index (χ2v) is 8.44. The van der Waals surface area contributed by atoms with Gasteiger partial charge in [0.2, 0.25) is 15.9 Å². The first-order valence-electron chi connectivity index (χ1n) is 7.36. The fourth-order valence-corrected chi connectivity index (χ4v) is 4.76. The summed E-state index contributed by atoms with van der Waals surface area (Å²) in [5.74, 6) is -0.102. The smallest absolute Gasteiger partial charge is 0.244 e. The molecule has 0 fully saturated rings. The van der Waals surface area contributed by atoms with Gasteiger partial charge in [-0.05, 0) is 52.2 Å². The molecule has 8 heteroatoms. The Hall–Kier alpha value is -1.77. The quantitative estimate of drug-likeness (QED) is 0.841. The van der Waals surface area contributed by atoms with Gasteiger partial charge in [-0.3, -0.25) is 9.78 Å². The van der Waals surface area contributed by atoms with Crippen LogP contribution in [0.4, 0.5) is 5.69 Å². The Bertz CT molecular complexity index is 885. The summed E-state index contributed by atoms with van der Waals surface area (Å²) >= 11 is 3.35. The van der Waals surface area contributed by atoms with Crippen molar-refractivity contribution in [2.45, 2.75) is 24.3 Å². The molecule has 126 valence electrons. The number of hydrogen-bond acceptors (Lipinski definition) is 4. The van der Waals surface area contributed by atoms with Gasteiger partial charge < -0.3 is 5.32 Å². The van der Waals surface area contributed by atoms with E-state index in [-0.39, 0.29) is 17.3 Å². The van der Waals surface area contributed by atoms with Crippen molar-refractivity contribution in [2.24, 2.45) is 0 Å². The number of halogens is 1. The summed E-state index contributed by atoms with van der Waals surface area (Å²) in [6.07, 6.45) is 2.63. The number of pyridine rings is 1. The molecule has 0 spiro atoms. The van der Waals surface area contributed by atoms with Gasteiger partial charge in [0.25, 0.3) is 0 Å². The van der Waals surface area contributed by atoms with Crippen LogP contribution in [-0.2, 0) is 27.8 Å². The van der Waals surface area contributed by atoms with Crippen LogP contribution in [0.1, 0.15) is 17.7 Å².